The van der Waals surface area contributed by atoms with Crippen LogP contribution in [0.5, 0.6) is 0 Å². The molecule has 1 heterocycles. The van der Waals surface area contributed by atoms with E-state index in [0.717, 1.165) is 37.2 Å². The third-order valence-electron chi connectivity index (χ3n) is 4.41. The second kappa shape index (κ2) is 5.86. The predicted octanol–water partition coefficient (Wildman–Crippen LogP) is 0.993. The molecule has 2 aliphatic rings. The first kappa shape index (κ1) is 15.6. The van der Waals surface area contributed by atoms with Gasteiger partial charge >= 0.3 is 5.69 Å². The van der Waals surface area contributed by atoms with Crippen molar-refractivity contribution in [1.29, 1.82) is 0 Å². The quantitative estimate of drug-likeness (QED) is 0.809. The Hall–Kier alpha value is -1.93. The lowest BCUT2D eigenvalue weighted by Gasteiger charge is -2.04. The van der Waals surface area contributed by atoms with Gasteiger partial charge in [-0.2, -0.15) is 5.10 Å². The van der Waals surface area contributed by atoms with Crippen LogP contribution in [0.25, 0.3) is 5.69 Å². The van der Waals surface area contributed by atoms with Crippen LogP contribution in [0, 0.1) is 0 Å². The van der Waals surface area contributed by atoms with Gasteiger partial charge in [0.05, 0.1) is 17.5 Å². The second-order valence-corrected chi connectivity index (χ2v) is 8.49. The zero-order valence-electron chi connectivity index (χ0n) is 13.3. The Labute approximate surface area is 140 Å². The summed E-state index contributed by atoms with van der Waals surface area (Å²) in [6.45, 7) is 0.430. The standard InChI is InChI=1S/C16H20N4O3S/c21-16-19(11-10-17-24(22,23)14-8-9-14)18-15(12-6-7-12)20(16)13-4-2-1-3-5-13/h1-5,12,14,17H,6-11H2. The zero-order valence-corrected chi connectivity index (χ0v) is 14.1. The molecule has 2 fully saturated rings. The number of sulfonamides is 1. The highest BCUT2D eigenvalue weighted by Crippen LogP contribution is 2.39. The van der Waals surface area contributed by atoms with Crippen LogP contribution in [0.15, 0.2) is 35.1 Å². The van der Waals surface area contributed by atoms with Gasteiger partial charge in [0, 0.05) is 12.5 Å². The summed E-state index contributed by atoms with van der Waals surface area (Å²) in [4.78, 5) is 12.7. The molecule has 0 unspecified atom stereocenters. The van der Waals surface area contributed by atoms with Crippen molar-refractivity contribution in [3.05, 3.63) is 46.6 Å². The van der Waals surface area contributed by atoms with Crippen LogP contribution >= 0.6 is 0 Å². The van der Waals surface area contributed by atoms with Crippen molar-refractivity contribution >= 4 is 10.0 Å². The molecule has 0 saturated heterocycles. The van der Waals surface area contributed by atoms with Gasteiger partial charge < -0.3 is 0 Å². The molecule has 4 rings (SSSR count). The molecule has 7 nitrogen and oxygen atoms in total. The molecule has 0 spiro atoms. The first-order chi connectivity index (χ1) is 11.6. The fourth-order valence-corrected chi connectivity index (χ4v) is 4.15. The van der Waals surface area contributed by atoms with Gasteiger partial charge in [0.1, 0.15) is 5.82 Å². The lowest BCUT2D eigenvalue weighted by molar-refractivity contribution is 0.549. The lowest BCUT2D eigenvalue weighted by atomic mass is 10.3. The highest BCUT2D eigenvalue weighted by Gasteiger charge is 2.35. The summed E-state index contributed by atoms with van der Waals surface area (Å²) >= 11 is 0. The largest absolute Gasteiger partial charge is 0.350 e. The number of para-hydroxylation sites is 1. The van der Waals surface area contributed by atoms with E-state index < -0.39 is 10.0 Å². The van der Waals surface area contributed by atoms with E-state index >= 15 is 0 Å². The summed E-state index contributed by atoms with van der Waals surface area (Å²) in [5, 5.41) is 4.21. The Morgan fingerprint density at radius 2 is 1.83 bits per heavy atom. The van der Waals surface area contributed by atoms with Crippen LogP contribution in [0.4, 0.5) is 0 Å². The van der Waals surface area contributed by atoms with Crippen LogP contribution < -0.4 is 10.4 Å². The van der Waals surface area contributed by atoms with Crippen molar-refractivity contribution in [2.45, 2.75) is 43.4 Å². The van der Waals surface area contributed by atoms with Crippen LogP contribution in [-0.2, 0) is 16.6 Å². The highest BCUT2D eigenvalue weighted by molar-refractivity contribution is 7.90. The summed E-state index contributed by atoms with van der Waals surface area (Å²) in [5.74, 6) is 1.10. The molecule has 1 aromatic heterocycles. The summed E-state index contributed by atoms with van der Waals surface area (Å²) < 4.78 is 29.3. The molecule has 8 heteroatoms. The number of nitrogens with zero attached hydrogens (tertiary/aromatic N) is 3. The van der Waals surface area contributed by atoms with E-state index in [4.69, 9.17) is 0 Å². The molecule has 0 amide bonds. The number of nitrogens with one attached hydrogen (secondary N) is 1. The van der Waals surface area contributed by atoms with Crippen LogP contribution in [0.2, 0.25) is 0 Å². The van der Waals surface area contributed by atoms with Gasteiger partial charge in [-0.25, -0.2) is 27.2 Å². The molecule has 128 valence electrons. The third kappa shape index (κ3) is 3.03. The first-order valence-corrected chi connectivity index (χ1v) is 9.84. The summed E-state index contributed by atoms with van der Waals surface area (Å²) in [6.07, 6.45) is 3.53. The van der Waals surface area contributed by atoms with Gasteiger partial charge in [0.25, 0.3) is 0 Å². The fourth-order valence-electron chi connectivity index (χ4n) is 2.79. The minimum atomic E-state index is -3.23. The number of benzene rings is 1. The maximum atomic E-state index is 12.7. The Morgan fingerprint density at radius 1 is 1.12 bits per heavy atom. The van der Waals surface area contributed by atoms with E-state index in [1.807, 2.05) is 30.3 Å². The maximum absolute atomic E-state index is 12.7. The monoisotopic (exact) mass is 348 g/mol. The minimum absolute atomic E-state index is 0.189. The van der Waals surface area contributed by atoms with Crippen LogP contribution in [-0.4, -0.2) is 34.6 Å². The second-order valence-electron chi connectivity index (χ2n) is 6.45. The van der Waals surface area contributed by atoms with E-state index in [0.29, 0.717) is 5.92 Å². The predicted molar refractivity (Wildman–Crippen MR) is 89.7 cm³/mol. The molecular weight excluding hydrogens is 328 g/mol. The summed E-state index contributed by atoms with van der Waals surface area (Å²) in [6, 6.07) is 9.45. The highest BCUT2D eigenvalue weighted by atomic mass is 32.2. The van der Waals surface area contributed by atoms with Gasteiger partial charge in [-0.3, -0.25) is 0 Å². The topological polar surface area (TPSA) is 86.0 Å². The van der Waals surface area contributed by atoms with Crippen molar-refractivity contribution in [2.24, 2.45) is 0 Å². The van der Waals surface area contributed by atoms with Gasteiger partial charge in [0.15, 0.2) is 0 Å². The molecule has 0 bridgehead atoms. The average molecular weight is 348 g/mol. The summed E-state index contributed by atoms with van der Waals surface area (Å²) in [7, 11) is -3.23. The molecular formula is C16H20N4O3S. The molecule has 2 aromatic rings. The van der Waals surface area contributed by atoms with Gasteiger partial charge in [-0.15, -0.1) is 0 Å². The number of hydrogen-bond acceptors (Lipinski definition) is 4. The normalized spacial score (nSPS) is 18.0. The molecule has 1 N–H and O–H groups in total. The fraction of sp³-hybridized carbons (Fsp3) is 0.500. The number of hydrogen-bond donors (Lipinski definition) is 1. The smallest absolute Gasteiger partial charge is 0.247 e. The van der Waals surface area contributed by atoms with Crippen LogP contribution in [0.3, 0.4) is 0 Å². The average Bonchev–Trinajstić information content (AvgIpc) is 3.47. The van der Waals surface area contributed by atoms with E-state index in [-0.39, 0.29) is 24.0 Å². The minimum Gasteiger partial charge on any atom is -0.247 e. The van der Waals surface area contributed by atoms with Crippen molar-refractivity contribution in [3.8, 4) is 5.69 Å². The van der Waals surface area contributed by atoms with Gasteiger partial charge in [-0.05, 0) is 37.8 Å². The van der Waals surface area contributed by atoms with Gasteiger partial charge in [-0.1, -0.05) is 18.2 Å². The maximum Gasteiger partial charge on any atom is 0.350 e. The SMILES string of the molecule is O=c1n(CCNS(=O)(=O)C2CC2)nc(C2CC2)n1-c1ccccc1. The lowest BCUT2D eigenvalue weighted by Crippen LogP contribution is -2.33. The molecule has 0 aliphatic heterocycles. The number of rotatable bonds is 7. The molecule has 24 heavy (non-hydrogen) atoms. The Bertz CT molecular complexity index is 893. The van der Waals surface area contributed by atoms with Crippen LogP contribution in [0.1, 0.15) is 37.4 Å². The Kier molecular flexibility index (Phi) is 3.80. The van der Waals surface area contributed by atoms with Gasteiger partial charge in [0.2, 0.25) is 10.0 Å². The van der Waals surface area contributed by atoms with Crippen molar-refractivity contribution < 1.29 is 8.42 Å². The van der Waals surface area contributed by atoms with Crippen molar-refractivity contribution in [1.82, 2.24) is 19.1 Å². The number of aromatic nitrogens is 3. The third-order valence-corrected chi connectivity index (χ3v) is 6.37. The first-order valence-electron chi connectivity index (χ1n) is 8.30. The van der Waals surface area contributed by atoms with Crippen molar-refractivity contribution in [3.63, 3.8) is 0 Å². The Morgan fingerprint density at radius 3 is 2.46 bits per heavy atom. The molecule has 2 saturated carbocycles. The van der Waals surface area contributed by atoms with E-state index in [2.05, 4.69) is 9.82 Å². The molecule has 0 radical (unpaired) electrons. The van der Waals surface area contributed by atoms with Crippen molar-refractivity contribution in [2.75, 3.05) is 6.54 Å². The zero-order chi connectivity index (χ0) is 16.7. The Balaban J connectivity index is 1.57. The molecule has 0 atom stereocenters. The van der Waals surface area contributed by atoms with E-state index in [1.54, 1.807) is 4.57 Å². The molecule has 2 aliphatic carbocycles. The van der Waals surface area contributed by atoms with E-state index in [1.165, 1.54) is 4.68 Å². The molecule has 1 aromatic carbocycles. The summed E-state index contributed by atoms with van der Waals surface area (Å²) in [5.41, 5.74) is 0.586. The van der Waals surface area contributed by atoms with E-state index in [9.17, 15) is 13.2 Å².